The van der Waals surface area contributed by atoms with E-state index in [0.717, 1.165) is 54.6 Å². The van der Waals surface area contributed by atoms with Gasteiger partial charge in [-0.25, -0.2) is 4.70 Å². The van der Waals surface area contributed by atoms with Crippen LogP contribution >= 0.6 is 0 Å². The molecular weight excluding hydrogens is 699 g/mol. The summed E-state index contributed by atoms with van der Waals surface area (Å²) in [5.74, 6) is 0. The van der Waals surface area contributed by atoms with Crippen molar-refractivity contribution >= 4 is 20.5 Å². The maximum atomic E-state index is 11.6. The molecule has 3 heteroatoms. The molecule has 0 atom stereocenters. The molecule has 0 radical (unpaired) electrons. The normalized spacial score (nSPS) is 12.8. The molecule has 0 saturated heterocycles. The number of nitrogens with zero attached hydrogens (tertiary/aromatic N) is 2. The molecule has 5 rings (SSSR count). The van der Waals surface area contributed by atoms with Crippen molar-refractivity contribution in [1.82, 2.24) is 0 Å². The summed E-state index contributed by atoms with van der Waals surface area (Å²) in [6.45, 7) is 11.0. The molecule has 1 heterocycles. The summed E-state index contributed by atoms with van der Waals surface area (Å²) in [6, 6.07) is 34.8. The molecule has 4 aromatic carbocycles. The molecule has 0 spiro atoms. The van der Waals surface area contributed by atoms with Crippen molar-refractivity contribution < 1.29 is 19.1 Å². The number of allylic oxidation sites excluding steroid dienone is 4. The second-order valence-corrected chi connectivity index (χ2v) is 16.2. The van der Waals surface area contributed by atoms with Crippen molar-refractivity contribution in [2.75, 3.05) is 0 Å². The molecule has 2 nitrogen and oxygen atoms in total. The van der Waals surface area contributed by atoms with Gasteiger partial charge in [0.2, 0.25) is 11.4 Å². The zero-order chi connectivity index (χ0) is 38.4. The number of rotatable bonds is 21. The molecule has 0 aliphatic carbocycles. The zero-order valence-corrected chi connectivity index (χ0v) is 35.0. The predicted octanol–water partition coefficient (Wildman–Crippen LogP) is 14.0. The van der Waals surface area contributed by atoms with Gasteiger partial charge in [0.25, 0.3) is 0 Å². The molecule has 1 aliphatic heterocycles. The van der Waals surface area contributed by atoms with Crippen LogP contribution in [0, 0.1) is 13.8 Å². The van der Waals surface area contributed by atoms with Crippen molar-refractivity contribution in [3.8, 4) is 0 Å². The summed E-state index contributed by atoms with van der Waals surface area (Å²) in [5, 5.41) is 0. The molecule has 0 fully saturated rings. The van der Waals surface area contributed by atoms with Crippen LogP contribution in [0.1, 0.15) is 144 Å². The van der Waals surface area contributed by atoms with E-state index in [-0.39, 0.29) is 0 Å². The molecule has 1 aliphatic rings. The van der Waals surface area contributed by atoms with Crippen LogP contribution in [0.15, 0.2) is 121 Å². The first-order valence-corrected chi connectivity index (χ1v) is 21.9. The second-order valence-electron chi connectivity index (χ2n) is 14.8. The average Bonchev–Trinajstić information content (AvgIpc) is 3.52. The van der Waals surface area contributed by atoms with Gasteiger partial charge < -0.3 is 5.53 Å². The Morgan fingerprint density at radius 1 is 0.556 bits per heavy atom. The molecule has 4 aromatic rings. The van der Waals surface area contributed by atoms with E-state index in [9.17, 15) is 5.53 Å². The zero-order valence-electron chi connectivity index (χ0n) is 34.0. The molecule has 0 aromatic heterocycles. The van der Waals surface area contributed by atoms with Gasteiger partial charge in [-0.15, -0.1) is 0 Å². The van der Waals surface area contributed by atoms with Crippen LogP contribution in [0.3, 0.4) is 0 Å². The fourth-order valence-corrected chi connectivity index (χ4v) is 7.77. The van der Waals surface area contributed by atoms with Gasteiger partial charge in [0.15, 0.2) is 0 Å². The molecule has 54 heavy (non-hydrogen) atoms. The maximum absolute atomic E-state index is 11.6. The Morgan fingerprint density at radius 2 is 1.13 bits per heavy atom. The van der Waals surface area contributed by atoms with E-state index in [4.69, 9.17) is 0 Å². The number of aryl methyl sites for hydroxylation is 4. The standard InChI is InChI=1S/C37H52N2.2C7H7.Ni/c1-4-7-10-12-13-14-15-16-18-22-32-23-19-20-25-35(32)36-30-34(24-17-11-8-5-2)37(39(36)38)33-28-26-31(27-29-33)21-9-6-3;2*1-7-5-3-2-4-6-7;/h15-16,19-20,23,25-30H,4-14,17-18,21-22,24H2,1-3H3;2*3-6H,1H3;. The van der Waals surface area contributed by atoms with Crippen molar-refractivity contribution in [3.63, 3.8) is 0 Å². The van der Waals surface area contributed by atoms with Gasteiger partial charge in [0, 0.05) is 22.8 Å². The van der Waals surface area contributed by atoms with Crippen LogP contribution in [0.4, 0.5) is 0 Å². The Morgan fingerprint density at radius 3 is 1.76 bits per heavy atom. The summed E-state index contributed by atoms with van der Waals surface area (Å²) in [5.41, 5.74) is 22.3. The fraction of sp³-hybridized carbons (Fsp3) is 0.412. The summed E-state index contributed by atoms with van der Waals surface area (Å²) in [6.07, 6.45) is 26.3. The van der Waals surface area contributed by atoms with E-state index < -0.39 is 0 Å². The van der Waals surface area contributed by atoms with Crippen LogP contribution in [0.2, 0.25) is 0 Å². The number of benzene rings is 4. The first kappa shape index (κ1) is 42.9. The monoisotopic (exact) mass is 764 g/mol. The minimum absolute atomic E-state index is 0.918. The summed E-state index contributed by atoms with van der Waals surface area (Å²) in [4.78, 5) is 0. The second kappa shape index (κ2) is 24.6. The van der Waals surface area contributed by atoms with Crippen LogP contribution in [-0.2, 0) is 27.3 Å². The number of unbranched alkanes of at least 4 members (excludes halogenated alkanes) is 9. The molecular formula is C51H66N2Ni. The van der Waals surface area contributed by atoms with Crippen molar-refractivity contribution in [2.45, 2.75) is 137 Å². The van der Waals surface area contributed by atoms with Gasteiger partial charge in [-0.05, 0) is 80.7 Å². The van der Waals surface area contributed by atoms with Crippen molar-refractivity contribution in [3.05, 3.63) is 160 Å². The number of hydrogen-bond acceptors (Lipinski definition) is 0. The Hall–Kier alpha value is -3.81. The fourth-order valence-electron chi connectivity index (χ4n) is 6.78. The molecule has 0 saturated carbocycles. The number of hydrogen-bond donors (Lipinski definition) is 0. The first-order chi connectivity index (χ1) is 26.4. The van der Waals surface area contributed by atoms with Gasteiger partial charge in [-0.1, -0.05) is 115 Å². The van der Waals surface area contributed by atoms with Gasteiger partial charge in [0.05, 0.1) is 0 Å². The Bertz CT molecular complexity index is 1730. The summed E-state index contributed by atoms with van der Waals surface area (Å²) in [7, 11) is 0. The Kier molecular flexibility index (Phi) is 19.5. The topological polar surface area (TPSA) is 25.3 Å². The quantitative estimate of drug-likeness (QED) is 0.0349. The van der Waals surface area contributed by atoms with E-state index in [0.29, 0.717) is 0 Å². The Balaban J connectivity index is 0.000000358. The third kappa shape index (κ3) is 14.4. The van der Waals surface area contributed by atoms with E-state index in [1.165, 1.54) is 112 Å². The van der Waals surface area contributed by atoms with Crippen LogP contribution < -0.4 is 9.07 Å². The van der Waals surface area contributed by atoms with Crippen LogP contribution in [0.25, 0.3) is 16.9 Å². The third-order valence-electron chi connectivity index (χ3n) is 10.1. The van der Waals surface area contributed by atoms with E-state index >= 15 is 0 Å². The minimum atomic E-state index is 0.918. The summed E-state index contributed by atoms with van der Waals surface area (Å²) >= 11 is 1.61. The van der Waals surface area contributed by atoms with Crippen molar-refractivity contribution in [1.29, 1.82) is 0 Å². The van der Waals surface area contributed by atoms with Crippen LogP contribution in [-0.4, -0.2) is 4.70 Å². The SMILES string of the molecule is CCCCCCCC=CCCc1ccccc1C1=CC(CCCCCC)=C(c2ccc(CCCC)cc2)[N+]1=[N-].Cc1cc[c]([Ni][c]2ccc(C)cc2)cc1. The van der Waals surface area contributed by atoms with E-state index in [2.05, 4.69) is 150 Å². The average molecular weight is 766 g/mol. The molecule has 0 amide bonds. The molecule has 0 N–H and O–H groups in total. The van der Waals surface area contributed by atoms with Gasteiger partial charge in [0.1, 0.15) is 0 Å². The van der Waals surface area contributed by atoms with Gasteiger partial charge in [-0.3, -0.25) is 0 Å². The van der Waals surface area contributed by atoms with E-state index in [1.54, 1.807) is 14.4 Å². The Labute approximate surface area is 335 Å². The molecule has 290 valence electrons. The van der Waals surface area contributed by atoms with Crippen molar-refractivity contribution in [2.24, 2.45) is 0 Å². The van der Waals surface area contributed by atoms with Gasteiger partial charge >= 0.3 is 97.0 Å². The van der Waals surface area contributed by atoms with Gasteiger partial charge in [-0.2, -0.15) is 0 Å². The molecule has 0 unspecified atom stereocenters. The van der Waals surface area contributed by atoms with Crippen LogP contribution in [0.5, 0.6) is 0 Å². The first-order valence-electron chi connectivity index (χ1n) is 20.9. The molecule has 0 bridgehead atoms. The predicted molar refractivity (Wildman–Crippen MR) is 231 cm³/mol. The summed E-state index contributed by atoms with van der Waals surface area (Å²) < 4.78 is 4.11. The third-order valence-corrected chi connectivity index (χ3v) is 11.3. The van der Waals surface area contributed by atoms with E-state index in [1.807, 2.05) is 0 Å².